The SMILES string of the molecule is N#Cc1cccc(Oc2ccc(OC3CCCCNC3=O)cc2)n1. The molecule has 0 aliphatic carbocycles. The molecule has 122 valence electrons. The minimum absolute atomic E-state index is 0.0645. The molecule has 1 saturated heterocycles. The maximum absolute atomic E-state index is 11.9. The second-order valence-electron chi connectivity index (χ2n) is 5.44. The van der Waals surface area contributed by atoms with E-state index in [1.54, 1.807) is 42.5 Å². The molecule has 2 aromatic rings. The summed E-state index contributed by atoms with van der Waals surface area (Å²) in [6, 6.07) is 14.0. The summed E-state index contributed by atoms with van der Waals surface area (Å²) in [6.07, 6.45) is 2.21. The van der Waals surface area contributed by atoms with Gasteiger partial charge in [-0.05, 0) is 49.6 Å². The standard InChI is InChI=1S/C18H17N3O3/c19-12-13-4-3-6-17(21-13)24-15-9-7-14(8-10-15)23-16-5-1-2-11-20-18(16)22/h3-4,6-10,16H,1-2,5,11H2,(H,20,22). The van der Waals surface area contributed by atoms with Crippen LogP contribution in [-0.4, -0.2) is 23.5 Å². The number of nitrogens with one attached hydrogen (secondary N) is 1. The first-order valence-corrected chi connectivity index (χ1v) is 7.84. The maximum Gasteiger partial charge on any atom is 0.261 e. The van der Waals surface area contributed by atoms with Crippen LogP contribution < -0.4 is 14.8 Å². The summed E-state index contributed by atoms with van der Waals surface area (Å²) < 4.78 is 11.4. The Labute approximate surface area is 140 Å². The number of carbonyl (C=O) groups excluding carboxylic acids is 1. The van der Waals surface area contributed by atoms with Gasteiger partial charge in [0.15, 0.2) is 6.10 Å². The molecule has 2 heterocycles. The Morgan fingerprint density at radius 3 is 2.71 bits per heavy atom. The molecule has 1 aliphatic heterocycles. The predicted molar refractivity (Wildman–Crippen MR) is 86.7 cm³/mol. The van der Waals surface area contributed by atoms with E-state index < -0.39 is 6.10 Å². The Balaban J connectivity index is 1.64. The van der Waals surface area contributed by atoms with E-state index in [1.165, 1.54) is 0 Å². The third-order valence-corrected chi connectivity index (χ3v) is 3.65. The molecule has 0 bridgehead atoms. The molecular formula is C18H17N3O3. The second kappa shape index (κ2) is 7.47. The highest BCUT2D eigenvalue weighted by Gasteiger charge is 2.22. The molecule has 3 rings (SSSR count). The average molecular weight is 323 g/mol. The lowest BCUT2D eigenvalue weighted by Crippen LogP contribution is -2.36. The Hall–Kier alpha value is -3.07. The van der Waals surface area contributed by atoms with E-state index in [9.17, 15) is 4.79 Å². The molecule has 0 saturated carbocycles. The van der Waals surface area contributed by atoms with Crippen LogP contribution in [0.25, 0.3) is 0 Å². The van der Waals surface area contributed by atoms with Crippen LogP contribution in [0.3, 0.4) is 0 Å². The minimum atomic E-state index is -0.451. The van der Waals surface area contributed by atoms with Crippen LogP contribution in [0, 0.1) is 11.3 Å². The lowest BCUT2D eigenvalue weighted by Gasteiger charge is -2.16. The minimum Gasteiger partial charge on any atom is -0.481 e. The average Bonchev–Trinajstić information content (AvgIpc) is 2.81. The number of ether oxygens (including phenoxy) is 2. The van der Waals surface area contributed by atoms with Gasteiger partial charge in [-0.1, -0.05) is 6.07 Å². The Morgan fingerprint density at radius 1 is 1.12 bits per heavy atom. The van der Waals surface area contributed by atoms with Crippen LogP contribution in [0.2, 0.25) is 0 Å². The normalized spacial score (nSPS) is 17.3. The van der Waals surface area contributed by atoms with E-state index in [1.807, 2.05) is 6.07 Å². The number of benzene rings is 1. The van der Waals surface area contributed by atoms with Gasteiger partial charge in [-0.3, -0.25) is 4.79 Å². The summed E-state index contributed by atoms with van der Waals surface area (Å²) in [5.41, 5.74) is 0.298. The number of hydrogen-bond donors (Lipinski definition) is 1. The smallest absolute Gasteiger partial charge is 0.261 e. The first kappa shape index (κ1) is 15.8. The van der Waals surface area contributed by atoms with Crippen molar-refractivity contribution in [3.8, 4) is 23.4 Å². The van der Waals surface area contributed by atoms with E-state index in [2.05, 4.69) is 10.3 Å². The fourth-order valence-electron chi connectivity index (χ4n) is 2.43. The van der Waals surface area contributed by atoms with Gasteiger partial charge in [0.25, 0.3) is 5.91 Å². The second-order valence-corrected chi connectivity index (χ2v) is 5.44. The highest BCUT2D eigenvalue weighted by atomic mass is 16.5. The van der Waals surface area contributed by atoms with Crippen molar-refractivity contribution < 1.29 is 14.3 Å². The fourth-order valence-corrected chi connectivity index (χ4v) is 2.43. The molecule has 1 amide bonds. The summed E-state index contributed by atoms with van der Waals surface area (Å²) >= 11 is 0. The number of pyridine rings is 1. The van der Waals surface area contributed by atoms with E-state index in [4.69, 9.17) is 14.7 Å². The monoisotopic (exact) mass is 323 g/mol. The quantitative estimate of drug-likeness (QED) is 0.935. The number of carbonyl (C=O) groups is 1. The van der Waals surface area contributed by atoms with Crippen LogP contribution in [0.1, 0.15) is 25.0 Å². The molecule has 1 aromatic heterocycles. The van der Waals surface area contributed by atoms with Gasteiger partial charge >= 0.3 is 0 Å². The summed E-state index contributed by atoms with van der Waals surface area (Å²) in [5, 5.41) is 11.7. The van der Waals surface area contributed by atoms with Crippen LogP contribution in [0.5, 0.6) is 17.4 Å². The topological polar surface area (TPSA) is 84.2 Å². The molecule has 1 N–H and O–H groups in total. The summed E-state index contributed by atoms with van der Waals surface area (Å²) in [6.45, 7) is 0.709. The molecule has 1 aromatic carbocycles. The van der Waals surface area contributed by atoms with Crippen molar-refractivity contribution in [1.29, 1.82) is 5.26 Å². The van der Waals surface area contributed by atoms with E-state index in [-0.39, 0.29) is 5.91 Å². The van der Waals surface area contributed by atoms with Crippen molar-refractivity contribution in [3.05, 3.63) is 48.2 Å². The molecule has 6 heteroatoms. The van der Waals surface area contributed by atoms with Gasteiger partial charge < -0.3 is 14.8 Å². The van der Waals surface area contributed by atoms with Gasteiger partial charge in [0, 0.05) is 12.6 Å². The molecule has 0 spiro atoms. The lowest BCUT2D eigenvalue weighted by atomic mass is 10.2. The number of hydrogen-bond acceptors (Lipinski definition) is 5. The first-order valence-electron chi connectivity index (χ1n) is 7.84. The van der Waals surface area contributed by atoms with Gasteiger partial charge in [-0.15, -0.1) is 0 Å². The Morgan fingerprint density at radius 2 is 1.92 bits per heavy atom. The number of aromatic nitrogens is 1. The zero-order chi connectivity index (χ0) is 16.8. The maximum atomic E-state index is 11.9. The molecule has 1 fully saturated rings. The highest BCUT2D eigenvalue weighted by molar-refractivity contribution is 5.81. The first-order chi connectivity index (χ1) is 11.7. The van der Waals surface area contributed by atoms with Gasteiger partial charge in [0.1, 0.15) is 23.3 Å². The van der Waals surface area contributed by atoms with Gasteiger partial charge in [-0.2, -0.15) is 5.26 Å². The number of amides is 1. The van der Waals surface area contributed by atoms with Crippen LogP contribution in [0.4, 0.5) is 0 Å². The van der Waals surface area contributed by atoms with E-state index in [0.717, 1.165) is 19.3 Å². The number of nitriles is 1. The van der Waals surface area contributed by atoms with Crippen molar-refractivity contribution in [2.24, 2.45) is 0 Å². The van der Waals surface area contributed by atoms with Crippen molar-refractivity contribution in [2.75, 3.05) is 6.54 Å². The molecule has 1 atom stereocenters. The Kier molecular flexibility index (Phi) is 4.92. The van der Waals surface area contributed by atoms with Crippen LogP contribution in [-0.2, 0) is 4.79 Å². The Bertz CT molecular complexity index is 753. The summed E-state index contributed by atoms with van der Waals surface area (Å²) in [7, 11) is 0. The molecule has 0 radical (unpaired) electrons. The zero-order valence-electron chi connectivity index (χ0n) is 13.1. The zero-order valence-corrected chi connectivity index (χ0v) is 13.1. The van der Waals surface area contributed by atoms with Crippen molar-refractivity contribution in [3.63, 3.8) is 0 Å². The molecule has 1 aliphatic rings. The molecular weight excluding hydrogens is 306 g/mol. The van der Waals surface area contributed by atoms with Crippen molar-refractivity contribution in [1.82, 2.24) is 10.3 Å². The summed E-state index contributed by atoms with van der Waals surface area (Å²) in [4.78, 5) is 15.9. The van der Waals surface area contributed by atoms with E-state index >= 15 is 0 Å². The van der Waals surface area contributed by atoms with Gasteiger partial charge in [-0.25, -0.2) is 4.98 Å². The third-order valence-electron chi connectivity index (χ3n) is 3.65. The van der Waals surface area contributed by atoms with Crippen molar-refractivity contribution in [2.45, 2.75) is 25.4 Å². The van der Waals surface area contributed by atoms with E-state index in [0.29, 0.717) is 29.6 Å². The van der Waals surface area contributed by atoms with Crippen LogP contribution >= 0.6 is 0 Å². The lowest BCUT2D eigenvalue weighted by molar-refractivity contribution is -0.127. The summed E-state index contributed by atoms with van der Waals surface area (Å²) in [5.74, 6) is 1.48. The number of rotatable bonds is 4. The van der Waals surface area contributed by atoms with Gasteiger partial charge in [0.2, 0.25) is 5.88 Å². The number of nitrogens with zero attached hydrogens (tertiary/aromatic N) is 2. The van der Waals surface area contributed by atoms with Crippen LogP contribution in [0.15, 0.2) is 42.5 Å². The molecule has 1 unspecified atom stereocenters. The fraction of sp³-hybridized carbons (Fsp3) is 0.278. The molecule has 6 nitrogen and oxygen atoms in total. The highest BCUT2D eigenvalue weighted by Crippen LogP contribution is 2.24. The third kappa shape index (κ3) is 4.02. The van der Waals surface area contributed by atoms with Crippen molar-refractivity contribution >= 4 is 5.91 Å². The predicted octanol–water partition coefficient (Wildman–Crippen LogP) is 2.79. The largest absolute Gasteiger partial charge is 0.481 e. The van der Waals surface area contributed by atoms with Gasteiger partial charge in [0.05, 0.1) is 0 Å². The molecule has 24 heavy (non-hydrogen) atoms.